The molecule has 3 nitrogen and oxygen atoms in total. The van der Waals surface area contributed by atoms with E-state index in [4.69, 9.17) is 4.74 Å². The second-order valence-electron chi connectivity index (χ2n) is 3.75. The quantitative estimate of drug-likeness (QED) is 0.816. The van der Waals surface area contributed by atoms with Gasteiger partial charge in [0.05, 0.1) is 17.0 Å². The van der Waals surface area contributed by atoms with Gasteiger partial charge in [-0.3, -0.25) is 4.79 Å². The molecule has 0 saturated heterocycles. The van der Waals surface area contributed by atoms with Crippen LogP contribution in [0.4, 0.5) is 0 Å². The molecule has 0 saturated carbocycles. The zero-order valence-corrected chi connectivity index (χ0v) is 13.0. The summed E-state index contributed by atoms with van der Waals surface area (Å²) in [5, 5.41) is 2.86. The number of benzene rings is 1. The summed E-state index contributed by atoms with van der Waals surface area (Å²) in [4.78, 5) is 12.0. The van der Waals surface area contributed by atoms with Crippen LogP contribution in [0.5, 0.6) is 0 Å². The molecule has 94 valence electrons. The lowest BCUT2D eigenvalue weighted by molar-refractivity contribution is 0.0949. The molecular formula is C12H15Br2NO2. The molecule has 0 fully saturated rings. The number of halogens is 2. The van der Waals surface area contributed by atoms with Crippen LogP contribution in [0.3, 0.4) is 0 Å². The molecule has 0 radical (unpaired) electrons. The van der Waals surface area contributed by atoms with E-state index in [9.17, 15) is 4.79 Å². The minimum Gasteiger partial charge on any atom is -0.383 e. The molecule has 1 amide bonds. The number of aryl methyl sites for hydroxylation is 1. The van der Waals surface area contributed by atoms with Crippen molar-refractivity contribution in [2.24, 2.45) is 0 Å². The Labute approximate surface area is 118 Å². The van der Waals surface area contributed by atoms with Crippen LogP contribution in [0.1, 0.15) is 15.9 Å². The molecular weight excluding hydrogens is 350 g/mol. The van der Waals surface area contributed by atoms with Gasteiger partial charge in [-0.2, -0.15) is 0 Å². The number of amides is 1. The summed E-state index contributed by atoms with van der Waals surface area (Å²) in [7, 11) is 1.63. The van der Waals surface area contributed by atoms with Crippen molar-refractivity contribution in [3.05, 3.63) is 33.8 Å². The van der Waals surface area contributed by atoms with Gasteiger partial charge in [0, 0.05) is 18.1 Å². The first-order valence-corrected chi connectivity index (χ1v) is 6.93. The van der Waals surface area contributed by atoms with Crippen molar-refractivity contribution in [3.8, 4) is 0 Å². The van der Waals surface area contributed by atoms with E-state index in [1.54, 1.807) is 7.11 Å². The number of nitrogens with one attached hydrogen (secondary N) is 1. The highest BCUT2D eigenvalue weighted by Crippen LogP contribution is 2.18. The van der Waals surface area contributed by atoms with Crippen LogP contribution in [-0.4, -0.2) is 31.0 Å². The fourth-order valence-corrected chi connectivity index (χ4v) is 2.20. The summed E-state index contributed by atoms with van der Waals surface area (Å²) < 4.78 is 5.78. The molecule has 5 heteroatoms. The topological polar surface area (TPSA) is 38.3 Å². The van der Waals surface area contributed by atoms with E-state index in [0.717, 1.165) is 10.0 Å². The average Bonchev–Trinajstić information content (AvgIpc) is 2.29. The van der Waals surface area contributed by atoms with Gasteiger partial charge in [0.1, 0.15) is 0 Å². The van der Waals surface area contributed by atoms with Crippen LogP contribution in [0.15, 0.2) is 22.7 Å². The Morgan fingerprint density at radius 2 is 2.24 bits per heavy atom. The largest absolute Gasteiger partial charge is 0.383 e. The summed E-state index contributed by atoms with van der Waals surface area (Å²) in [6.45, 7) is 3.06. The number of ether oxygens (including phenoxy) is 1. The molecule has 1 rings (SSSR count). The molecule has 0 bridgehead atoms. The van der Waals surface area contributed by atoms with Crippen LogP contribution in [0.2, 0.25) is 0 Å². The molecule has 1 atom stereocenters. The van der Waals surface area contributed by atoms with Gasteiger partial charge < -0.3 is 10.1 Å². The van der Waals surface area contributed by atoms with Crippen LogP contribution in [0.25, 0.3) is 0 Å². The maximum atomic E-state index is 11.9. The Kier molecular flexibility index (Phi) is 6.16. The number of carbonyl (C=O) groups excluding carboxylic acids is 1. The van der Waals surface area contributed by atoms with E-state index in [-0.39, 0.29) is 10.7 Å². The molecule has 1 aromatic carbocycles. The third-order valence-corrected chi connectivity index (χ3v) is 3.48. The monoisotopic (exact) mass is 363 g/mol. The third kappa shape index (κ3) is 4.77. The highest BCUT2D eigenvalue weighted by Gasteiger charge is 2.11. The normalized spacial score (nSPS) is 12.2. The Hall–Kier alpha value is -0.390. The van der Waals surface area contributed by atoms with E-state index in [1.165, 1.54) is 0 Å². The van der Waals surface area contributed by atoms with Crippen molar-refractivity contribution in [1.29, 1.82) is 0 Å². The molecule has 0 spiro atoms. The number of hydrogen-bond acceptors (Lipinski definition) is 2. The van der Waals surface area contributed by atoms with Gasteiger partial charge in [-0.15, -0.1) is 0 Å². The van der Waals surface area contributed by atoms with E-state index in [1.807, 2.05) is 25.1 Å². The Balaban J connectivity index is 2.61. The fraction of sp³-hybridized carbons (Fsp3) is 0.417. The highest BCUT2D eigenvalue weighted by molar-refractivity contribution is 9.10. The Morgan fingerprint density at radius 1 is 1.53 bits per heavy atom. The summed E-state index contributed by atoms with van der Waals surface area (Å²) >= 11 is 6.79. The number of hydrogen-bond donors (Lipinski definition) is 1. The van der Waals surface area contributed by atoms with Gasteiger partial charge in [0.25, 0.3) is 5.91 Å². The summed E-state index contributed by atoms with van der Waals surface area (Å²) in [5.74, 6) is -0.0823. The van der Waals surface area contributed by atoms with Crippen molar-refractivity contribution in [2.75, 3.05) is 20.3 Å². The first-order chi connectivity index (χ1) is 8.04. The molecule has 0 heterocycles. The number of carbonyl (C=O) groups is 1. The van der Waals surface area contributed by atoms with E-state index in [2.05, 4.69) is 37.2 Å². The van der Waals surface area contributed by atoms with E-state index < -0.39 is 0 Å². The van der Waals surface area contributed by atoms with Gasteiger partial charge in [0.2, 0.25) is 0 Å². The SMILES string of the molecule is COCC(Br)CNC(=O)c1cc(C)ccc1Br. The average molecular weight is 365 g/mol. The van der Waals surface area contributed by atoms with Crippen LogP contribution >= 0.6 is 31.9 Å². The van der Waals surface area contributed by atoms with E-state index >= 15 is 0 Å². The van der Waals surface area contributed by atoms with Crippen molar-refractivity contribution in [1.82, 2.24) is 5.32 Å². The van der Waals surface area contributed by atoms with Crippen LogP contribution in [-0.2, 0) is 4.74 Å². The molecule has 1 aromatic rings. The van der Waals surface area contributed by atoms with Crippen molar-refractivity contribution >= 4 is 37.8 Å². The molecule has 1 unspecified atom stereocenters. The zero-order valence-electron chi connectivity index (χ0n) is 9.80. The second-order valence-corrected chi connectivity index (χ2v) is 5.90. The Morgan fingerprint density at radius 3 is 2.88 bits per heavy atom. The van der Waals surface area contributed by atoms with Crippen molar-refractivity contribution in [2.45, 2.75) is 11.8 Å². The second kappa shape index (κ2) is 7.13. The predicted octanol–water partition coefficient (Wildman–Crippen LogP) is 2.90. The number of rotatable bonds is 5. The molecule has 0 aliphatic heterocycles. The molecule has 0 aromatic heterocycles. The van der Waals surface area contributed by atoms with Crippen molar-refractivity contribution < 1.29 is 9.53 Å². The smallest absolute Gasteiger partial charge is 0.252 e. The van der Waals surface area contributed by atoms with Gasteiger partial charge in [-0.25, -0.2) is 0 Å². The minimum absolute atomic E-state index is 0.0823. The standard InChI is InChI=1S/C12H15Br2NO2/c1-8-3-4-11(14)10(5-8)12(16)15-6-9(13)7-17-2/h3-5,9H,6-7H2,1-2H3,(H,15,16). The minimum atomic E-state index is -0.0823. The Bertz CT molecular complexity index is 396. The number of methoxy groups -OCH3 is 1. The molecule has 0 aliphatic rings. The molecule has 1 N–H and O–H groups in total. The maximum absolute atomic E-state index is 11.9. The lowest BCUT2D eigenvalue weighted by Crippen LogP contribution is -2.31. The van der Waals surface area contributed by atoms with Gasteiger partial charge in [-0.05, 0) is 35.0 Å². The number of alkyl halides is 1. The molecule has 17 heavy (non-hydrogen) atoms. The van der Waals surface area contributed by atoms with Crippen LogP contribution < -0.4 is 5.32 Å². The summed E-state index contributed by atoms with van der Waals surface area (Å²) in [6, 6.07) is 5.70. The fourth-order valence-electron chi connectivity index (χ4n) is 1.35. The third-order valence-electron chi connectivity index (χ3n) is 2.20. The van der Waals surface area contributed by atoms with Gasteiger partial charge in [0.15, 0.2) is 0 Å². The van der Waals surface area contributed by atoms with Gasteiger partial charge in [-0.1, -0.05) is 27.6 Å². The van der Waals surface area contributed by atoms with Crippen molar-refractivity contribution in [3.63, 3.8) is 0 Å². The van der Waals surface area contributed by atoms with Gasteiger partial charge >= 0.3 is 0 Å². The summed E-state index contributed by atoms with van der Waals surface area (Å²) in [6.07, 6.45) is 0. The summed E-state index contributed by atoms with van der Waals surface area (Å²) in [5.41, 5.74) is 1.72. The van der Waals surface area contributed by atoms with Crippen LogP contribution in [0, 0.1) is 6.92 Å². The zero-order chi connectivity index (χ0) is 12.8. The maximum Gasteiger partial charge on any atom is 0.252 e. The predicted molar refractivity (Wildman–Crippen MR) is 75.8 cm³/mol. The first-order valence-electron chi connectivity index (χ1n) is 5.22. The lowest BCUT2D eigenvalue weighted by atomic mass is 10.1. The lowest BCUT2D eigenvalue weighted by Gasteiger charge is -2.11. The van der Waals surface area contributed by atoms with E-state index in [0.29, 0.717) is 18.7 Å². The first kappa shape index (κ1) is 14.7. The molecule has 0 aliphatic carbocycles. The highest BCUT2D eigenvalue weighted by atomic mass is 79.9.